The van der Waals surface area contributed by atoms with Crippen LogP contribution in [0.2, 0.25) is 0 Å². The zero-order chi connectivity index (χ0) is 22.2. The number of hydrogen-bond donors (Lipinski definition) is 0. The van der Waals surface area contributed by atoms with Gasteiger partial charge in [0.25, 0.3) is 5.89 Å². The maximum absolute atomic E-state index is 13.1. The third-order valence-electron chi connectivity index (χ3n) is 6.23. The molecule has 2 atom stereocenters. The first-order valence-electron chi connectivity index (χ1n) is 10.6. The summed E-state index contributed by atoms with van der Waals surface area (Å²) in [6, 6.07) is 22.1. The normalized spacial score (nSPS) is 17.5. The second kappa shape index (κ2) is 8.43. The van der Waals surface area contributed by atoms with Crippen LogP contribution < -0.4 is 9.64 Å². The standard InChI is InChI=1S/C26H23BrN2O3/c1-16-20(13-17-7-9-18(27)10-8-17)21-14-19(31-2)11-12-23(21)29(16)15-24(30)26-28-22-5-3-4-6-25(22)32-26/h3-12,14,16,20H,13,15H2,1-2H3. The van der Waals surface area contributed by atoms with Gasteiger partial charge in [0, 0.05) is 22.1 Å². The molecule has 1 aliphatic heterocycles. The summed E-state index contributed by atoms with van der Waals surface area (Å²) in [5.74, 6) is 1.09. The molecule has 162 valence electrons. The average molecular weight is 491 g/mol. The highest BCUT2D eigenvalue weighted by atomic mass is 79.9. The third-order valence-corrected chi connectivity index (χ3v) is 6.76. The van der Waals surface area contributed by atoms with Crippen LogP contribution in [0.1, 0.15) is 34.7 Å². The molecule has 0 bridgehead atoms. The van der Waals surface area contributed by atoms with Crippen molar-refractivity contribution in [1.29, 1.82) is 0 Å². The summed E-state index contributed by atoms with van der Waals surface area (Å²) in [6.45, 7) is 2.39. The van der Waals surface area contributed by atoms with E-state index in [-0.39, 0.29) is 30.2 Å². The Morgan fingerprint density at radius 3 is 2.66 bits per heavy atom. The Bertz CT molecular complexity index is 1250. The lowest BCUT2D eigenvalue weighted by Gasteiger charge is -2.26. The number of halogens is 1. The highest BCUT2D eigenvalue weighted by Crippen LogP contribution is 2.44. The Kier molecular flexibility index (Phi) is 5.47. The summed E-state index contributed by atoms with van der Waals surface area (Å²) in [7, 11) is 1.68. The van der Waals surface area contributed by atoms with Gasteiger partial charge in [-0.2, -0.15) is 0 Å². The summed E-state index contributed by atoms with van der Waals surface area (Å²) in [6.07, 6.45) is 0.877. The molecule has 0 radical (unpaired) electrons. The fraction of sp³-hybridized carbons (Fsp3) is 0.231. The van der Waals surface area contributed by atoms with E-state index in [1.54, 1.807) is 7.11 Å². The number of para-hydroxylation sites is 2. The second-order valence-electron chi connectivity index (χ2n) is 8.14. The van der Waals surface area contributed by atoms with Crippen LogP contribution in [0.5, 0.6) is 5.75 Å². The van der Waals surface area contributed by atoms with E-state index < -0.39 is 0 Å². The van der Waals surface area contributed by atoms with E-state index in [2.05, 4.69) is 63.1 Å². The number of aromatic nitrogens is 1. The predicted molar refractivity (Wildman–Crippen MR) is 129 cm³/mol. The summed E-state index contributed by atoms with van der Waals surface area (Å²) < 4.78 is 12.3. The minimum atomic E-state index is -0.126. The number of carbonyl (C=O) groups excluding carboxylic acids is 1. The fourth-order valence-electron chi connectivity index (χ4n) is 4.51. The average Bonchev–Trinajstić information content (AvgIpc) is 3.35. The number of fused-ring (bicyclic) bond motifs is 2. The number of methoxy groups -OCH3 is 1. The minimum absolute atomic E-state index is 0.126. The number of Topliss-reactive ketones (excluding diaryl/α,β-unsaturated/α-hetero) is 1. The van der Waals surface area contributed by atoms with Crippen LogP contribution in [-0.4, -0.2) is 30.5 Å². The maximum Gasteiger partial charge on any atom is 0.266 e. The molecule has 0 N–H and O–H groups in total. The van der Waals surface area contributed by atoms with Crippen LogP contribution in [0.25, 0.3) is 11.1 Å². The van der Waals surface area contributed by atoms with E-state index in [9.17, 15) is 4.79 Å². The van der Waals surface area contributed by atoms with Gasteiger partial charge in [0.1, 0.15) is 11.3 Å². The van der Waals surface area contributed by atoms with E-state index in [0.717, 1.165) is 22.3 Å². The molecule has 2 unspecified atom stereocenters. The molecule has 1 aliphatic rings. The number of ether oxygens (including phenoxy) is 1. The van der Waals surface area contributed by atoms with Crippen molar-refractivity contribution < 1.29 is 13.9 Å². The quantitative estimate of drug-likeness (QED) is 0.309. The van der Waals surface area contributed by atoms with Gasteiger partial charge < -0.3 is 14.1 Å². The number of carbonyl (C=O) groups is 1. The second-order valence-corrected chi connectivity index (χ2v) is 9.06. The molecule has 4 aromatic rings. The Labute approximate surface area is 195 Å². The molecule has 0 spiro atoms. The van der Waals surface area contributed by atoms with Crippen LogP contribution in [0.3, 0.4) is 0 Å². The number of nitrogens with zero attached hydrogens (tertiary/aromatic N) is 2. The predicted octanol–water partition coefficient (Wildman–Crippen LogP) is 6.02. The van der Waals surface area contributed by atoms with E-state index >= 15 is 0 Å². The summed E-state index contributed by atoms with van der Waals surface area (Å²) >= 11 is 3.51. The molecule has 32 heavy (non-hydrogen) atoms. The van der Waals surface area contributed by atoms with E-state index in [0.29, 0.717) is 11.1 Å². The smallest absolute Gasteiger partial charge is 0.266 e. The lowest BCUT2D eigenvalue weighted by Crippen LogP contribution is -2.36. The van der Waals surface area contributed by atoms with Crippen LogP contribution in [-0.2, 0) is 6.42 Å². The van der Waals surface area contributed by atoms with E-state index in [1.165, 1.54) is 11.1 Å². The van der Waals surface area contributed by atoms with Gasteiger partial charge in [-0.05, 0) is 66.9 Å². The largest absolute Gasteiger partial charge is 0.497 e. The Balaban J connectivity index is 1.45. The first-order chi connectivity index (χ1) is 15.5. The molecule has 5 rings (SSSR count). The van der Waals surface area contributed by atoms with Crippen molar-refractivity contribution in [2.75, 3.05) is 18.6 Å². The van der Waals surface area contributed by atoms with Crippen LogP contribution in [0.4, 0.5) is 5.69 Å². The number of benzene rings is 3. The molecular weight excluding hydrogens is 468 g/mol. The Morgan fingerprint density at radius 1 is 1.12 bits per heavy atom. The monoisotopic (exact) mass is 490 g/mol. The Hall–Kier alpha value is -3.12. The molecule has 0 fully saturated rings. The van der Waals surface area contributed by atoms with Crippen LogP contribution in [0.15, 0.2) is 75.6 Å². The molecule has 0 saturated carbocycles. The lowest BCUT2D eigenvalue weighted by molar-refractivity contribution is 0.0966. The maximum atomic E-state index is 13.1. The summed E-state index contributed by atoms with van der Waals surface area (Å²) in [4.78, 5) is 19.7. The number of anilines is 1. The van der Waals surface area contributed by atoms with Crippen molar-refractivity contribution in [3.05, 3.63) is 88.2 Å². The first kappa shape index (κ1) is 20.8. The van der Waals surface area contributed by atoms with Crippen LogP contribution in [0, 0.1) is 0 Å². The van der Waals surface area contributed by atoms with Gasteiger partial charge in [-0.3, -0.25) is 4.79 Å². The highest BCUT2D eigenvalue weighted by molar-refractivity contribution is 9.10. The zero-order valence-corrected chi connectivity index (χ0v) is 19.5. The van der Waals surface area contributed by atoms with E-state index in [1.807, 2.05) is 36.4 Å². The van der Waals surface area contributed by atoms with Gasteiger partial charge in [-0.1, -0.05) is 40.2 Å². The number of ketones is 1. The van der Waals surface area contributed by atoms with Gasteiger partial charge >= 0.3 is 0 Å². The molecule has 0 aliphatic carbocycles. The van der Waals surface area contributed by atoms with Crippen LogP contribution >= 0.6 is 15.9 Å². The van der Waals surface area contributed by atoms with Crippen molar-refractivity contribution in [2.45, 2.75) is 25.3 Å². The van der Waals surface area contributed by atoms with E-state index in [4.69, 9.17) is 9.15 Å². The number of rotatable bonds is 6. The highest BCUT2D eigenvalue weighted by Gasteiger charge is 2.37. The number of hydrogen-bond acceptors (Lipinski definition) is 5. The van der Waals surface area contributed by atoms with Gasteiger partial charge in [-0.25, -0.2) is 4.98 Å². The van der Waals surface area contributed by atoms with Gasteiger partial charge in [0.05, 0.1) is 13.7 Å². The molecule has 1 aromatic heterocycles. The van der Waals surface area contributed by atoms with Gasteiger partial charge in [0.15, 0.2) is 5.58 Å². The van der Waals surface area contributed by atoms with Crippen molar-refractivity contribution in [3.63, 3.8) is 0 Å². The Morgan fingerprint density at radius 2 is 1.91 bits per heavy atom. The molecular formula is C26H23BrN2O3. The van der Waals surface area contributed by atoms with Crippen molar-refractivity contribution in [1.82, 2.24) is 4.98 Å². The molecule has 6 heteroatoms. The molecule has 3 aromatic carbocycles. The molecule has 5 nitrogen and oxygen atoms in total. The summed E-state index contributed by atoms with van der Waals surface area (Å²) in [5.41, 5.74) is 4.84. The lowest BCUT2D eigenvalue weighted by atomic mass is 9.89. The minimum Gasteiger partial charge on any atom is -0.497 e. The van der Waals surface area contributed by atoms with Crippen molar-refractivity contribution in [3.8, 4) is 5.75 Å². The molecule has 0 saturated heterocycles. The molecule has 0 amide bonds. The topological polar surface area (TPSA) is 55.6 Å². The van der Waals surface area contributed by atoms with Crippen molar-refractivity contribution >= 4 is 38.5 Å². The fourth-order valence-corrected chi connectivity index (χ4v) is 4.78. The zero-order valence-electron chi connectivity index (χ0n) is 17.9. The SMILES string of the molecule is COc1ccc2c(c1)C(Cc1ccc(Br)cc1)C(C)N2CC(=O)c1nc2ccccc2o1. The number of oxazole rings is 1. The first-order valence-corrected chi connectivity index (χ1v) is 11.4. The van der Waals surface area contributed by atoms with Gasteiger partial charge in [-0.15, -0.1) is 0 Å². The van der Waals surface area contributed by atoms with Crippen molar-refractivity contribution in [2.24, 2.45) is 0 Å². The summed E-state index contributed by atoms with van der Waals surface area (Å²) in [5, 5.41) is 0. The third kappa shape index (κ3) is 3.79. The van der Waals surface area contributed by atoms with Gasteiger partial charge in [0.2, 0.25) is 5.78 Å². The molecule has 2 heterocycles.